The molecule has 4 nitrogen and oxygen atoms in total. The monoisotopic (exact) mass is 261 g/mol. The summed E-state index contributed by atoms with van der Waals surface area (Å²) in [6.45, 7) is 5.84. The van der Waals surface area contributed by atoms with Gasteiger partial charge in [0.2, 0.25) is 0 Å². The lowest BCUT2D eigenvalue weighted by Gasteiger charge is -2.22. The topological polar surface area (TPSA) is 45.2 Å². The van der Waals surface area contributed by atoms with Crippen LogP contribution in [0.2, 0.25) is 0 Å². The van der Waals surface area contributed by atoms with E-state index < -0.39 is 0 Å². The summed E-state index contributed by atoms with van der Waals surface area (Å²) in [7, 11) is 0. The minimum atomic E-state index is 0.109. The molecule has 4 heteroatoms. The van der Waals surface area contributed by atoms with E-state index in [-0.39, 0.29) is 11.9 Å². The number of likely N-dealkylation sites (tertiary alicyclic amines) is 1. The van der Waals surface area contributed by atoms with Crippen molar-refractivity contribution in [3.05, 3.63) is 23.9 Å². The Labute approximate surface area is 115 Å². The zero-order valence-corrected chi connectivity index (χ0v) is 11.9. The zero-order valence-electron chi connectivity index (χ0n) is 11.9. The molecule has 0 bridgehead atoms. The molecule has 1 N–H and O–H groups in total. The summed E-state index contributed by atoms with van der Waals surface area (Å²) >= 11 is 0. The van der Waals surface area contributed by atoms with Gasteiger partial charge in [-0.05, 0) is 38.8 Å². The van der Waals surface area contributed by atoms with Crippen molar-refractivity contribution in [2.75, 3.05) is 18.4 Å². The van der Waals surface area contributed by atoms with Crippen molar-refractivity contribution in [2.24, 2.45) is 0 Å². The molecule has 0 spiro atoms. The van der Waals surface area contributed by atoms with Gasteiger partial charge in [0, 0.05) is 25.3 Å². The van der Waals surface area contributed by atoms with Crippen molar-refractivity contribution >= 4 is 11.7 Å². The molecule has 0 radical (unpaired) electrons. The van der Waals surface area contributed by atoms with Gasteiger partial charge in [0.15, 0.2) is 0 Å². The Morgan fingerprint density at radius 2 is 1.95 bits per heavy atom. The maximum Gasteiger partial charge on any atom is 0.257 e. The second-order valence-electron chi connectivity index (χ2n) is 5.41. The minimum Gasteiger partial charge on any atom is -0.367 e. The number of amides is 1. The predicted octanol–water partition coefficient (Wildman–Crippen LogP) is 2.92. The van der Waals surface area contributed by atoms with E-state index in [1.807, 2.05) is 17.0 Å². The van der Waals surface area contributed by atoms with E-state index in [4.69, 9.17) is 0 Å². The Kier molecular flexibility index (Phi) is 4.77. The summed E-state index contributed by atoms with van der Waals surface area (Å²) in [5.41, 5.74) is 0.693. The standard InChI is InChI=1S/C15H23N3O/c1-12(2)17-14-13(8-7-9-16-14)15(19)18-10-5-3-4-6-11-18/h7-9,12H,3-6,10-11H2,1-2H3,(H,16,17). The van der Waals surface area contributed by atoms with E-state index in [1.165, 1.54) is 12.8 Å². The SMILES string of the molecule is CC(C)Nc1ncccc1C(=O)N1CCCCCC1. The fourth-order valence-electron chi connectivity index (χ4n) is 2.41. The molecule has 1 fully saturated rings. The van der Waals surface area contributed by atoms with Gasteiger partial charge in [-0.25, -0.2) is 4.98 Å². The van der Waals surface area contributed by atoms with Gasteiger partial charge < -0.3 is 10.2 Å². The molecule has 0 saturated carbocycles. The van der Waals surface area contributed by atoms with Crippen molar-refractivity contribution < 1.29 is 4.79 Å². The second kappa shape index (κ2) is 6.55. The van der Waals surface area contributed by atoms with Crippen molar-refractivity contribution in [1.82, 2.24) is 9.88 Å². The van der Waals surface area contributed by atoms with E-state index >= 15 is 0 Å². The number of nitrogens with one attached hydrogen (secondary N) is 1. The van der Waals surface area contributed by atoms with Crippen molar-refractivity contribution in [1.29, 1.82) is 0 Å². The zero-order chi connectivity index (χ0) is 13.7. The number of rotatable bonds is 3. The summed E-state index contributed by atoms with van der Waals surface area (Å²) in [4.78, 5) is 18.9. The van der Waals surface area contributed by atoms with Gasteiger partial charge in [0.25, 0.3) is 5.91 Å². The Morgan fingerprint density at radius 1 is 1.26 bits per heavy atom. The Bertz CT molecular complexity index is 423. The highest BCUT2D eigenvalue weighted by molar-refractivity contribution is 5.98. The van der Waals surface area contributed by atoms with Gasteiger partial charge in [-0.15, -0.1) is 0 Å². The smallest absolute Gasteiger partial charge is 0.257 e. The molecule has 2 rings (SSSR count). The average Bonchev–Trinajstić information content (AvgIpc) is 2.67. The molecule has 0 aromatic carbocycles. The molecular formula is C15H23N3O. The van der Waals surface area contributed by atoms with Crippen LogP contribution in [0, 0.1) is 0 Å². The Hall–Kier alpha value is -1.58. The van der Waals surface area contributed by atoms with Crippen LogP contribution in [0.1, 0.15) is 49.9 Å². The van der Waals surface area contributed by atoms with Crippen LogP contribution in [-0.2, 0) is 0 Å². The summed E-state index contributed by atoms with van der Waals surface area (Å²) in [5, 5.41) is 3.25. The van der Waals surface area contributed by atoms with Gasteiger partial charge in [-0.1, -0.05) is 12.8 Å². The summed E-state index contributed by atoms with van der Waals surface area (Å²) in [6.07, 6.45) is 6.41. The number of nitrogens with zero attached hydrogens (tertiary/aromatic N) is 2. The Balaban J connectivity index is 2.17. The molecular weight excluding hydrogens is 238 g/mol. The molecule has 0 unspecified atom stereocenters. The van der Waals surface area contributed by atoms with Crippen LogP contribution < -0.4 is 5.32 Å². The van der Waals surface area contributed by atoms with E-state index in [0.29, 0.717) is 11.4 Å². The van der Waals surface area contributed by atoms with E-state index in [1.54, 1.807) is 6.20 Å². The third kappa shape index (κ3) is 3.69. The molecule has 1 aromatic rings. The van der Waals surface area contributed by atoms with Gasteiger partial charge in [0.1, 0.15) is 5.82 Å². The highest BCUT2D eigenvalue weighted by Gasteiger charge is 2.20. The van der Waals surface area contributed by atoms with Gasteiger partial charge in [0.05, 0.1) is 5.56 Å². The number of carbonyl (C=O) groups is 1. The molecule has 2 heterocycles. The van der Waals surface area contributed by atoms with E-state index in [0.717, 1.165) is 25.9 Å². The molecule has 0 aliphatic carbocycles. The third-order valence-corrected chi connectivity index (χ3v) is 3.36. The molecule has 1 amide bonds. The van der Waals surface area contributed by atoms with Crippen LogP contribution in [0.4, 0.5) is 5.82 Å². The summed E-state index contributed by atoms with van der Waals surface area (Å²) in [6, 6.07) is 3.96. The summed E-state index contributed by atoms with van der Waals surface area (Å²) in [5.74, 6) is 0.810. The van der Waals surface area contributed by atoms with Crippen LogP contribution >= 0.6 is 0 Å². The van der Waals surface area contributed by atoms with Gasteiger partial charge in [-0.2, -0.15) is 0 Å². The fourth-order valence-corrected chi connectivity index (χ4v) is 2.41. The first-order chi connectivity index (χ1) is 9.18. The maximum absolute atomic E-state index is 12.6. The lowest BCUT2D eigenvalue weighted by atomic mass is 10.2. The van der Waals surface area contributed by atoms with Crippen molar-refractivity contribution in [3.63, 3.8) is 0 Å². The second-order valence-corrected chi connectivity index (χ2v) is 5.41. The first-order valence-electron chi connectivity index (χ1n) is 7.19. The first kappa shape index (κ1) is 13.8. The molecule has 19 heavy (non-hydrogen) atoms. The van der Waals surface area contributed by atoms with Gasteiger partial charge in [-0.3, -0.25) is 4.79 Å². The minimum absolute atomic E-state index is 0.109. The molecule has 1 saturated heterocycles. The number of aromatic nitrogens is 1. The molecule has 1 aromatic heterocycles. The van der Waals surface area contributed by atoms with Crippen LogP contribution in [0.3, 0.4) is 0 Å². The summed E-state index contributed by atoms with van der Waals surface area (Å²) < 4.78 is 0. The largest absolute Gasteiger partial charge is 0.367 e. The van der Waals surface area contributed by atoms with Crippen LogP contribution in [0.25, 0.3) is 0 Å². The van der Waals surface area contributed by atoms with E-state index in [9.17, 15) is 4.79 Å². The molecule has 1 aliphatic heterocycles. The highest BCUT2D eigenvalue weighted by Crippen LogP contribution is 2.18. The number of anilines is 1. The number of hydrogen-bond donors (Lipinski definition) is 1. The quantitative estimate of drug-likeness (QED) is 0.910. The van der Waals surface area contributed by atoms with E-state index in [2.05, 4.69) is 24.1 Å². The van der Waals surface area contributed by atoms with Crippen LogP contribution in [-0.4, -0.2) is 34.9 Å². The lowest BCUT2D eigenvalue weighted by molar-refractivity contribution is 0.0762. The Morgan fingerprint density at radius 3 is 2.58 bits per heavy atom. The van der Waals surface area contributed by atoms with Crippen LogP contribution in [0.15, 0.2) is 18.3 Å². The lowest BCUT2D eigenvalue weighted by Crippen LogP contribution is -2.32. The van der Waals surface area contributed by atoms with Crippen LogP contribution in [0.5, 0.6) is 0 Å². The molecule has 104 valence electrons. The predicted molar refractivity (Wildman–Crippen MR) is 77.4 cm³/mol. The highest BCUT2D eigenvalue weighted by atomic mass is 16.2. The maximum atomic E-state index is 12.6. The van der Waals surface area contributed by atoms with Crippen molar-refractivity contribution in [3.8, 4) is 0 Å². The fraction of sp³-hybridized carbons (Fsp3) is 0.600. The molecule has 0 atom stereocenters. The normalized spacial score (nSPS) is 16.3. The first-order valence-corrected chi connectivity index (χ1v) is 7.19. The number of carbonyl (C=O) groups excluding carboxylic acids is 1. The number of pyridine rings is 1. The number of hydrogen-bond acceptors (Lipinski definition) is 3. The average molecular weight is 261 g/mol. The van der Waals surface area contributed by atoms with Gasteiger partial charge >= 0.3 is 0 Å². The third-order valence-electron chi connectivity index (χ3n) is 3.36. The van der Waals surface area contributed by atoms with Crippen molar-refractivity contribution in [2.45, 2.75) is 45.6 Å². The molecule has 1 aliphatic rings.